The molecule has 1 heterocycles. The average molecular weight is 421 g/mol. The summed E-state index contributed by atoms with van der Waals surface area (Å²) in [5, 5.41) is 11.4. The first-order valence-corrected chi connectivity index (χ1v) is 8.86. The summed E-state index contributed by atoms with van der Waals surface area (Å²) < 4.78 is 11.5. The van der Waals surface area contributed by atoms with Gasteiger partial charge in [0.2, 0.25) is 0 Å². The summed E-state index contributed by atoms with van der Waals surface area (Å²) in [6.07, 6.45) is 0. The molecule has 0 aromatic heterocycles. The number of anilines is 1. The van der Waals surface area contributed by atoms with E-state index in [0.29, 0.717) is 32.0 Å². The summed E-state index contributed by atoms with van der Waals surface area (Å²) in [6.45, 7) is 2.30. The zero-order chi connectivity index (χ0) is 18.5. The van der Waals surface area contributed by atoms with Gasteiger partial charge in [-0.3, -0.25) is 10.1 Å². The minimum atomic E-state index is -0.593. The molecule has 3 rings (SSSR count). The molecule has 0 saturated carbocycles. The van der Waals surface area contributed by atoms with Gasteiger partial charge in [-0.2, -0.15) is 0 Å². The summed E-state index contributed by atoms with van der Waals surface area (Å²) >= 11 is 3.34. The number of hydrogen-bond donors (Lipinski definition) is 0. The van der Waals surface area contributed by atoms with E-state index in [1.807, 2.05) is 29.2 Å². The molecular formula is C18H17BrN2O5. The second kappa shape index (κ2) is 8.29. The Balaban J connectivity index is 1.74. The van der Waals surface area contributed by atoms with Crippen molar-refractivity contribution in [1.82, 2.24) is 0 Å². The third-order valence-electron chi connectivity index (χ3n) is 4.04. The van der Waals surface area contributed by atoms with Gasteiger partial charge < -0.3 is 14.4 Å². The lowest BCUT2D eigenvalue weighted by atomic mass is 10.1. The molecular weight excluding hydrogens is 404 g/mol. The second-order valence-corrected chi connectivity index (χ2v) is 6.68. The highest BCUT2D eigenvalue weighted by Crippen LogP contribution is 2.30. The monoisotopic (exact) mass is 420 g/mol. The summed E-state index contributed by atoms with van der Waals surface area (Å²) in [6, 6.07) is 11.8. The van der Waals surface area contributed by atoms with Crippen LogP contribution in [0.3, 0.4) is 0 Å². The highest BCUT2D eigenvalue weighted by molar-refractivity contribution is 9.10. The first kappa shape index (κ1) is 18.3. The van der Waals surface area contributed by atoms with Gasteiger partial charge in [0.25, 0.3) is 5.69 Å². The van der Waals surface area contributed by atoms with Gasteiger partial charge >= 0.3 is 5.97 Å². The molecule has 0 spiro atoms. The van der Waals surface area contributed by atoms with Crippen molar-refractivity contribution in [1.29, 1.82) is 0 Å². The molecule has 8 heteroatoms. The average Bonchev–Trinajstić information content (AvgIpc) is 2.67. The number of esters is 1. The first-order chi connectivity index (χ1) is 12.5. The number of nitro groups is 1. The van der Waals surface area contributed by atoms with E-state index in [0.717, 1.165) is 10.0 Å². The van der Waals surface area contributed by atoms with Crippen molar-refractivity contribution in [2.75, 3.05) is 31.2 Å². The lowest BCUT2D eigenvalue weighted by Crippen LogP contribution is -2.36. The molecule has 0 unspecified atom stereocenters. The minimum absolute atomic E-state index is 0.102. The van der Waals surface area contributed by atoms with Crippen molar-refractivity contribution in [3.8, 4) is 0 Å². The van der Waals surface area contributed by atoms with Crippen LogP contribution >= 0.6 is 15.9 Å². The van der Waals surface area contributed by atoms with Crippen LogP contribution in [0.25, 0.3) is 0 Å². The Kier molecular flexibility index (Phi) is 5.85. The summed E-state index contributed by atoms with van der Waals surface area (Å²) in [4.78, 5) is 25.1. The fraction of sp³-hybridized carbons (Fsp3) is 0.278. The lowest BCUT2D eigenvalue weighted by Gasteiger charge is -2.28. The summed E-state index contributed by atoms with van der Waals surface area (Å²) in [5.41, 5.74) is 1.37. The van der Waals surface area contributed by atoms with E-state index in [2.05, 4.69) is 15.9 Å². The molecule has 26 heavy (non-hydrogen) atoms. The zero-order valence-electron chi connectivity index (χ0n) is 13.9. The number of halogens is 1. The summed E-state index contributed by atoms with van der Waals surface area (Å²) in [7, 11) is 0. The van der Waals surface area contributed by atoms with Crippen molar-refractivity contribution in [2.24, 2.45) is 0 Å². The van der Waals surface area contributed by atoms with Crippen molar-refractivity contribution in [3.63, 3.8) is 0 Å². The minimum Gasteiger partial charge on any atom is -0.457 e. The summed E-state index contributed by atoms with van der Waals surface area (Å²) in [5.74, 6) is -0.593. The maximum atomic E-state index is 12.3. The van der Waals surface area contributed by atoms with E-state index in [4.69, 9.17) is 9.47 Å². The number of ether oxygens (including phenoxy) is 2. The quantitative estimate of drug-likeness (QED) is 0.417. The van der Waals surface area contributed by atoms with Crippen LogP contribution in [0.5, 0.6) is 0 Å². The van der Waals surface area contributed by atoms with E-state index in [1.54, 1.807) is 12.1 Å². The second-order valence-electron chi connectivity index (χ2n) is 5.76. The Morgan fingerprint density at radius 3 is 2.54 bits per heavy atom. The molecule has 0 bridgehead atoms. The molecule has 0 amide bonds. The Hall–Kier alpha value is -2.45. The van der Waals surface area contributed by atoms with Crippen molar-refractivity contribution < 1.29 is 19.2 Å². The van der Waals surface area contributed by atoms with Gasteiger partial charge in [0.05, 0.1) is 23.7 Å². The molecule has 1 aliphatic rings. The molecule has 1 saturated heterocycles. The van der Waals surface area contributed by atoms with Gasteiger partial charge in [-0.05, 0) is 29.8 Å². The highest BCUT2D eigenvalue weighted by Gasteiger charge is 2.23. The topological polar surface area (TPSA) is 81.9 Å². The molecule has 136 valence electrons. The van der Waals surface area contributed by atoms with Crippen LogP contribution in [0.15, 0.2) is 46.9 Å². The van der Waals surface area contributed by atoms with Gasteiger partial charge in [0.15, 0.2) is 0 Å². The van der Waals surface area contributed by atoms with Gasteiger partial charge in [-0.1, -0.05) is 28.1 Å². The van der Waals surface area contributed by atoms with E-state index >= 15 is 0 Å². The Morgan fingerprint density at radius 2 is 1.88 bits per heavy atom. The van der Waals surface area contributed by atoms with Crippen molar-refractivity contribution >= 4 is 33.3 Å². The molecule has 1 fully saturated rings. The Labute approximate surface area is 158 Å². The van der Waals surface area contributed by atoms with E-state index in [9.17, 15) is 14.9 Å². The number of carbonyl (C=O) groups excluding carboxylic acids is 1. The van der Waals surface area contributed by atoms with Crippen LogP contribution in [-0.4, -0.2) is 37.2 Å². The van der Waals surface area contributed by atoms with Crippen LogP contribution in [0.2, 0.25) is 0 Å². The van der Waals surface area contributed by atoms with Gasteiger partial charge in [-0.15, -0.1) is 0 Å². The smallest absolute Gasteiger partial charge is 0.338 e. The molecule has 1 aliphatic heterocycles. The van der Waals surface area contributed by atoms with Crippen LogP contribution < -0.4 is 4.90 Å². The first-order valence-electron chi connectivity index (χ1n) is 8.07. The molecule has 0 atom stereocenters. The number of nitrogens with zero attached hydrogens (tertiary/aromatic N) is 2. The largest absolute Gasteiger partial charge is 0.457 e. The van der Waals surface area contributed by atoms with Crippen LogP contribution in [-0.2, 0) is 16.1 Å². The Bertz CT molecular complexity index is 804. The number of morpholine rings is 1. The van der Waals surface area contributed by atoms with Crippen LogP contribution in [0, 0.1) is 10.1 Å². The molecule has 0 N–H and O–H groups in total. The van der Waals surface area contributed by atoms with Gasteiger partial charge in [0.1, 0.15) is 12.3 Å². The fourth-order valence-corrected chi connectivity index (χ4v) is 2.95. The number of hydrogen-bond acceptors (Lipinski definition) is 6. The lowest BCUT2D eigenvalue weighted by molar-refractivity contribution is -0.384. The number of rotatable bonds is 5. The maximum absolute atomic E-state index is 12.3. The van der Waals surface area contributed by atoms with E-state index in [-0.39, 0.29) is 17.9 Å². The molecule has 0 radical (unpaired) electrons. The zero-order valence-corrected chi connectivity index (χ0v) is 15.5. The SMILES string of the molecule is O=C(OCc1ccc(Br)cc1)c1ccc(N2CCOCC2)c([N+](=O)[O-])c1. The standard InChI is InChI=1S/C18H17BrN2O5/c19-15-4-1-13(2-5-15)12-26-18(22)14-3-6-16(17(11-14)21(23)24)20-7-9-25-10-8-20/h1-6,11H,7-10,12H2. The number of carbonyl (C=O) groups is 1. The number of benzene rings is 2. The molecule has 2 aromatic carbocycles. The maximum Gasteiger partial charge on any atom is 0.338 e. The highest BCUT2D eigenvalue weighted by atomic mass is 79.9. The van der Waals surface area contributed by atoms with Crippen molar-refractivity contribution in [3.05, 3.63) is 68.2 Å². The van der Waals surface area contributed by atoms with Crippen LogP contribution in [0.4, 0.5) is 11.4 Å². The predicted molar refractivity (Wildman–Crippen MR) is 99.4 cm³/mol. The molecule has 0 aliphatic carbocycles. The third kappa shape index (κ3) is 4.39. The van der Waals surface area contributed by atoms with Gasteiger partial charge in [0, 0.05) is 23.6 Å². The Morgan fingerprint density at radius 1 is 1.19 bits per heavy atom. The normalized spacial score (nSPS) is 14.1. The fourth-order valence-electron chi connectivity index (χ4n) is 2.68. The predicted octanol–water partition coefficient (Wildman–Crippen LogP) is 3.55. The van der Waals surface area contributed by atoms with Crippen molar-refractivity contribution in [2.45, 2.75) is 6.61 Å². The van der Waals surface area contributed by atoms with Gasteiger partial charge in [-0.25, -0.2) is 4.79 Å². The number of nitro benzene ring substituents is 1. The third-order valence-corrected chi connectivity index (χ3v) is 4.57. The molecule has 2 aromatic rings. The van der Waals surface area contributed by atoms with E-state index in [1.165, 1.54) is 6.07 Å². The van der Waals surface area contributed by atoms with Crippen LogP contribution in [0.1, 0.15) is 15.9 Å². The molecule has 7 nitrogen and oxygen atoms in total. The van der Waals surface area contributed by atoms with E-state index < -0.39 is 10.9 Å².